The molecule has 0 heterocycles. The smallest absolute Gasteiger partial charge is 0.0135 e. The van der Waals surface area contributed by atoms with Gasteiger partial charge in [0.05, 0.1) is 0 Å². The molecule has 27 heavy (non-hydrogen) atoms. The van der Waals surface area contributed by atoms with Crippen LogP contribution in [-0.4, -0.2) is 13.1 Å². The predicted molar refractivity (Wildman–Crippen MR) is 119 cm³/mol. The molecule has 0 aliphatic carbocycles. The summed E-state index contributed by atoms with van der Waals surface area (Å²) in [7, 11) is 0. The van der Waals surface area contributed by atoms with E-state index in [0.29, 0.717) is 5.92 Å². The molecule has 1 nitrogen and oxygen atoms in total. The molecule has 0 bridgehead atoms. The molecule has 142 valence electrons. The van der Waals surface area contributed by atoms with E-state index in [1.807, 2.05) is 0 Å². The van der Waals surface area contributed by atoms with E-state index in [4.69, 9.17) is 0 Å². The van der Waals surface area contributed by atoms with Crippen LogP contribution < -0.4 is 5.32 Å². The zero-order valence-electron chi connectivity index (χ0n) is 17.2. The normalized spacial score (nSPS) is 10.4. The Morgan fingerprint density at radius 2 is 1.07 bits per heavy atom. The average Bonchev–Trinajstić information content (AvgIpc) is 2.69. The van der Waals surface area contributed by atoms with Gasteiger partial charge in [0.1, 0.15) is 0 Å². The Kier molecular flexibility index (Phi) is 8.80. The summed E-state index contributed by atoms with van der Waals surface area (Å²) in [5.41, 5.74) is 6.98. The molecular formula is C26H33N. The Morgan fingerprint density at radius 1 is 0.630 bits per heavy atom. The van der Waals surface area contributed by atoms with Crippen LogP contribution in [0.4, 0.5) is 0 Å². The SMILES string of the molecule is CCNCC.Cc1ccccc1C(Cc1ccccc1)c1ccccc1C. The molecule has 0 atom stereocenters. The Bertz CT molecular complexity index is 745. The van der Waals surface area contributed by atoms with Crippen LogP contribution in [0.2, 0.25) is 0 Å². The van der Waals surface area contributed by atoms with Crippen molar-refractivity contribution in [2.45, 2.75) is 40.0 Å². The molecule has 0 amide bonds. The summed E-state index contributed by atoms with van der Waals surface area (Å²) >= 11 is 0. The molecule has 0 radical (unpaired) electrons. The molecule has 3 aromatic rings. The fourth-order valence-corrected chi connectivity index (χ4v) is 3.44. The lowest BCUT2D eigenvalue weighted by molar-refractivity contribution is 0.762. The molecule has 0 saturated heterocycles. The molecule has 3 rings (SSSR count). The van der Waals surface area contributed by atoms with Crippen LogP contribution in [0.25, 0.3) is 0 Å². The summed E-state index contributed by atoms with van der Waals surface area (Å²) in [4.78, 5) is 0. The Balaban J connectivity index is 0.000000465. The van der Waals surface area contributed by atoms with Crippen molar-refractivity contribution in [3.63, 3.8) is 0 Å². The lowest BCUT2D eigenvalue weighted by Crippen LogP contribution is -2.09. The van der Waals surface area contributed by atoms with Gasteiger partial charge in [0.25, 0.3) is 0 Å². The maximum atomic E-state index is 3.11. The van der Waals surface area contributed by atoms with Gasteiger partial charge in [-0.15, -0.1) is 0 Å². The summed E-state index contributed by atoms with van der Waals surface area (Å²) in [6.45, 7) is 10.8. The number of nitrogens with one attached hydrogen (secondary N) is 1. The molecule has 0 unspecified atom stereocenters. The highest BCUT2D eigenvalue weighted by atomic mass is 14.8. The van der Waals surface area contributed by atoms with Gasteiger partial charge in [0.2, 0.25) is 0 Å². The van der Waals surface area contributed by atoms with E-state index in [1.165, 1.54) is 27.8 Å². The molecule has 0 spiro atoms. The third kappa shape index (κ3) is 6.37. The minimum absolute atomic E-state index is 0.407. The van der Waals surface area contributed by atoms with Crippen LogP contribution in [0.15, 0.2) is 78.9 Å². The fraction of sp³-hybridized carbons (Fsp3) is 0.308. The van der Waals surface area contributed by atoms with E-state index in [9.17, 15) is 0 Å². The second-order valence-corrected chi connectivity index (χ2v) is 6.91. The van der Waals surface area contributed by atoms with Crippen molar-refractivity contribution in [1.29, 1.82) is 0 Å². The third-order valence-corrected chi connectivity index (χ3v) is 4.91. The van der Waals surface area contributed by atoms with Gasteiger partial charge in [0, 0.05) is 5.92 Å². The first kappa shape index (κ1) is 20.9. The van der Waals surface area contributed by atoms with Crippen LogP contribution >= 0.6 is 0 Å². The van der Waals surface area contributed by atoms with Crippen LogP contribution in [0.5, 0.6) is 0 Å². The van der Waals surface area contributed by atoms with Gasteiger partial charge in [-0.05, 0) is 61.2 Å². The fourth-order valence-electron chi connectivity index (χ4n) is 3.44. The van der Waals surface area contributed by atoms with Gasteiger partial charge in [0.15, 0.2) is 0 Å². The molecule has 0 aromatic heterocycles. The number of rotatable bonds is 6. The molecule has 3 aromatic carbocycles. The maximum Gasteiger partial charge on any atom is 0.0135 e. The van der Waals surface area contributed by atoms with Gasteiger partial charge >= 0.3 is 0 Å². The number of hydrogen-bond donors (Lipinski definition) is 1. The van der Waals surface area contributed by atoms with E-state index in [0.717, 1.165) is 19.5 Å². The summed E-state index contributed by atoms with van der Waals surface area (Å²) in [5.74, 6) is 0.407. The molecule has 1 heteroatoms. The van der Waals surface area contributed by atoms with Crippen LogP contribution in [0, 0.1) is 13.8 Å². The molecule has 0 aliphatic heterocycles. The monoisotopic (exact) mass is 359 g/mol. The van der Waals surface area contributed by atoms with Crippen LogP contribution in [0.1, 0.15) is 47.6 Å². The zero-order chi connectivity index (χ0) is 19.5. The summed E-state index contributed by atoms with van der Waals surface area (Å²) in [6.07, 6.45) is 1.04. The highest BCUT2D eigenvalue weighted by molar-refractivity contribution is 5.42. The van der Waals surface area contributed by atoms with E-state index >= 15 is 0 Å². The topological polar surface area (TPSA) is 12.0 Å². The van der Waals surface area contributed by atoms with E-state index in [-0.39, 0.29) is 0 Å². The standard InChI is InChI=1S/C22H22.C4H11N/c1-17-10-6-8-14-20(17)22(16-19-12-4-3-5-13-19)21-15-9-7-11-18(21)2;1-3-5-4-2/h3-15,22H,16H2,1-2H3;5H,3-4H2,1-2H3. The van der Waals surface area contributed by atoms with Crippen molar-refractivity contribution in [3.05, 3.63) is 107 Å². The molecule has 1 N–H and O–H groups in total. The minimum Gasteiger partial charge on any atom is -0.317 e. The van der Waals surface area contributed by atoms with Crippen molar-refractivity contribution in [2.75, 3.05) is 13.1 Å². The summed E-state index contributed by atoms with van der Waals surface area (Å²) in [6, 6.07) is 28.3. The molecule has 0 fully saturated rings. The highest BCUT2D eigenvalue weighted by Gasteiger charge is 2.18. The van der Waals surface area contributed by atoms with Gasteiger partial charge < -0.3 is 5.32 Å². The van der Waals surface area contributed by atoms with Gasteiger partial charge in [-0.1, -0.05) is 92.7 Å². The second-order valence-electron chi connectivity index (χ2n) is 6.91. The largest absolute Gasteiger partial charge is 0.317 e. The van der Waals surface area contributed by atoms with E-state index in [2.05, 4.69) is 112 Å². The summed E-state index contributed by atoms with van der Waals surface area (Å²) < 4.78 is 0. The predicted octanol–water partition coefficient (Wildman–Crippen LogP) is 6.29. The van der Waals surface area contributed by atoms with Gasteiger partial charge in [-0.25, -0.2) is 0 Å². The first-order chi connectivity index (χ1) is 13.2. The minimum atomic E-state index is 0.407. The summed E-state index contributed by atoms with van der Waals surface area (Å²) in [5, 5.41) is 3.11. The Hall–Kier alpha value is -2.38. The lowest BCUT2D eigenvalue weighted by Gasteiger charge is -2.22. The van der Waals surface area contributed by atoms with Crippen LogP contribution in [-0.2, 0) is 6.42 Å². The van der Waals surface area contributed by atoms with Crippen molar-refractivity contribution in [3.8, 4) is 0 Å². The lowest BCUT2D eigenvalue weighted by atomic mass is 9.82. The number of aryl methyl sites for hydroxylation is 2. The Morgan fingerprint density at radius 3 is 1.48 bits per heavy atom. The Labute approximate surface area is 165 Å². The second kappa shape index (κ2) is 11.4. The van der Waals surface area contributed by atoms with Gasteiger partial charge in [-0.3, -0.25) is 0 Å². The number of hydrogen-bond acceptors (Lipinski definition) is 1. The average molecular weight is 360 g/mol. The van der Waals surface area contributed by atoms with Gasteiger partial charge in [-0.2, -0.15) is 0 Å². The molecular weight excluding hydrogens is 326 g/mol. The number of benzene rings is 3. The van der Waals surface area contributed by atoms with E-state index < -0.39 is 0 Å². The van der Waals surface area contributed by atoms with E-state index in [1.54, 1.807) is 0 Å². The first-order valence-electron chi connectivity index (χ1n) is 10.0. The molecule has 0 saturated carbocycles. The van der Waals surface area contributed by atoms with Crippen molar-refractivity contribution in [2.24, 2.45) is 0 Å². The highest BCUT2D eigenvalue weighted by Crippen LogP contribution is 2.32. The van der Waals surface area contributed by atoms with Crippen LogP contribution in [0.3, 0.4) is 0 Å². The maximum absolute atomic E-state index is 3.11. The van der Waals surface area contributed by atoms with Crippen molar-refractivity contribution >= 4 is 0 Å². The van der Waals surface area contributed by atoms with Crippen molar-refractivity contribution < 1.29 is 0 Å². The zero-order valence-corrected chi connectivity index (χ0v) is 17.2. The molecule has 0 aliphatic rings. The quantitative estimate of drug-likeness (QED) is 0.545. The van der Waals surface area contributed by atoms with Crippen molar-refractivity contribution in [1.82, 2.24) is 5.32 Å². The first-order valence-corrected chi connectivity index (χ1v) is 10.0. The third-order valence-electron chi connectivity index (χ3n) is 4.91.